The van der Waals surface area contributed by atoms with Crippen molar-refractivity contribution in [2.75, 3.05) is 6.54 Å². The number of hydrogen-bond acceptors (Lipinski definition) is 3. The molecule has 0 amide bonds. The first-order chi connectivity index (χ1) is 9.49. The molecule has 112 valence electrons. The Morgan fingerprint density at radius 3 is 2.70 bits per heavy atom. The molecule has 0 aliphatic carbocycles. The summed E-state index contributed by atoms with van der Waals surface area (Å²) in [6.45, 7) is 6.47. The van der Waals surface area contributed by atoms with Crippen LogP contribution in [0.4, 0.5) is 0 Å². The third-order valence-corrected chi connectivity index (χ3v) is 5.08. The largest absolute Gasteiger partial charge is 0.309 e. The van der Waals surface area contributed by atoms with E-state index in [2.05, 4.69) is 23.9 Å². The second kappa shape index (κ2) is 6.70. The Kier molecular flexibility index (Phi) is 5.18. The van der Waals surface area contributed by atoms with Crippen molar-refractivity contribution in [3.63, 3.8) is 0 Å². The van der Waals surface area contributed by atoms with E-state index in [1.165, 1.54) is 5.56 Å². The van der Waals surface area contributed by atoms with Crippen LogP contribution in [0.25, 0.3) is 0 Å². The van der Waals surface area contributed by atoms with Crippen LogP contribution in [0.3, 0.4) is 0 Å². The molecule has 0 saturated carbocycles. The van der Waals surface area contributed by atoms with Gasteiger partial charge in [0, 0.05) is 19.6 Å². The van der Waals surface area contributed by atoms with Crippen molar-refractivity contribution in [2.45, 2.75) is 51.1 Å². The molecule has 0 radical (unpaired) electrons. The van der Waals surface area contributed by atoms with Gasteiger partial charge in [-0.15, -0.1) is 0 Å². The standard InChI is InChI=1S/C15H24N2O2S/c1-12(2)5-3-4-8-17-20(18,19)15-7-6-13-10-16-11-14(13)9-15/h6-7,9,12,16-17H,3-5,8,10-11H2,1-2H3. The molecule has 20 heavy (non-hydrogen) atoms. The van der Waals surface area contributed by atoms with Crippen molar-refractivity contribution in [3.8, 4) is 0 Å². The molecule has 1 heterocycles. The van der Waals surface area contributed by atoms with Gasteiger partial charge in [0.15, 0.2) is 0 Å². The van der Waals surface area contributed by atoms with Gasteiger partial charge in [-0.1, -0.05) is 32.8 Å². The maximum Gasteiger partial charge on any atom is 0.240 e. The van der Waals surface area contributed by atoms with E-state index in [0.717, 1.165) is 37.9 Å². The molecule has 4 nitrogen and oxygen atoms in total. The zero-order valence-electron chi connectivity index (χ0n) is 12.3. The highest BCUT2D eigenvalue weighted by Crippen LogP contribution is 2.19. The normalized spacial score (nSPS) is 14.8. The number of nitrogens with one attached hydrogen (secondary N) is 2. The van der Waals surface area contributed by atoms with Gasteiger partial charge >= 0.3 is 0 Å². The van der Waals surface area contributed by atoms with Crippen LogP contribution in [0.1, 0.15) is 44.2 Å². The highest BCUT2D eigenvalue weighted by atomic mass is 32.2. The summed E-state index contributed by atoms with van der Waals surface area (Å²) in [7, 11) is -3.36. The van der Waals surface area contributed by atoms with Gasteiger partial charge in [0.1, 0.15) is 0 Å². The predicted octanol–water partition coefficient (Wildman–Crippen LogP) is 2.39. The molecule has 5 heteroatoms. The SMILES string of the molecule is CC(C)CCCCNS(=O)(=O)c1ccc2c(c1)CNC2. The maximum absolute atomic E-state index is 12.2. The van der Waals surface area contributed by atoms with Crippen LogP contribution >= 0.6 is 0 Å². The van der Waals surface area contributed by atoms with E-state index in [0.29, 0.717) is 17.4 Å². The van der Waals surface area contributed by atoms with Crippen LogP contribution in [0.15, 0.2) is 23.1 Å². The van der Waals surface area contributed by atoms with E-state index in [1.807, 2.05) is 6.07 Å². The molecule has 1 aromatic rings. The molecule has 0 unspecified atom stereocenters. The maximum atomic E-state index is 12.2. The molecule has 1 aromatic carbocycles. The number of benzene rings is 1. The minimum atomic E-state index is -3.36. The topological polar surface area (TPSA) is 58.2 Å². The second-order valence-corrected chi connectivity index (χ2v) is 7.59. The van der Waals surface area contributed by atoms with Gasteiger partial charge in [0.05, 0.1) is 4.90 Å². The number of unbranched alkanes of at least 4 members (excludes halogenated alkanes) is 1. The van der Waals surface area contributed by atoms with Crippen molar-refractivity contribution in [1.82, 2.24) is 10.0 Å². The van der Waals surface area contributed by atoms with E-state index in [-0.39, 0.29) is 0 Å². The fourth-order valence-electron chi connectivity index (χ4n) is 2.41. The average molecular weight is 296 g/mol. The van der Waals surface area contributed by atoms with Crippen LogP contribution in [0.2, 0.25) is 0 Å². The molecule has 0 bridgehead atoms. The average Bonchev–Trinajstić information content (AvgIpc) is 2.85. The van der Waals surface area contributed by atoms with Crippen molar-refractivity contribution < 1.29 is 8.42 Å². The quantitative estimate of drug-likeness (QED) is 0.760. The lowest BCUT2D eigenvalue weighted by Gasteiger charge is -2.09. The fraction of sp³-hybridized carbons (Fsp3) is 0.600. The van der Waals surface area contributed by atoms with Crippen LogP contribution in [0, 0.1) is 5.92 Å². The first-order valence-corrected chi connectivity index (χ1v) is 8.79. The zero-order valence-corrected chi connectivity index (χ0v) is 13.1. The van der Waals surface area contributed by atoms with E-state index in [9.17, 15) is 8.42 Å². The Hall–Kier alpha value is -0.910. The monoisotopic (exact) mass is 296 g/mol. The van der Waals surface area contributed by atoms with Crippen LogP contribution < -0.4 is 10.0 Å². The molecule has 0 atom stereocenters. The molecular weight excluding hydrogens is 272 g/mol. The number of fused-ring (bicyclic) bond motifs is 1. The van der Waals surface area contributed by atoms with Gasteiger partial charge in [-0.3, -0.25) is 0 Å². The summed E-state index contributed by atoms with van der Waals surface area (Å²) in [4.78, 5) is 0.379. The van der Waals surface area contributed by atoms with E-state index >= 15 is 0 Å². The molecule has 2 rings (SSSR count). The van der Waals surface area contributed by atoms with Gasteiger partial charge in [-0.25, -0.2) is 13.1 Å². The van der Waals surface area contributed by atoms with Gasteiger partial charge in [0.2, 0.25) is 10.0 Å². The lowest BCUT2D eigenvalue weighted by molar-refractivity contribution is 0.530. The summed E-state index contributed by atoms with van der Waals surface area (Å²) in [5.74, 6) is 0.677. The highest BCUT2D eigenvalue weighted by molar-refractivity contribution is 7.89. The minimum absolute atomic E-state index is 0.379. The van der Waals surface area contributed by atoms with E-state index in [4.69, 9.17) is 0 Å². The summed E-state index contributed by atoms with van der Waals surface area (Å²) in [5, 5.41) is 3.22. The van der Waals surface area contributed by atoms with Gasteiger partial charge in [-0.05, 0) is 35.6 Å². The first-order valence-electron chi connectivity index (χ1n) is 7.31. The first kappa shape index (κ1) is 15.5. The molecule has 1 aliphatic rings. The van der Waals surface area contributed by atoms with E-state index < -0.39 is 10.0 Å². The molecular formula is C15H24N2O2S. The summed E-state index contributed by atoms with van der Waals surface area (Å²) in [5.41, 5.74) is 2.29. The molecule has 0 saturated heterocycles. The van der Waals surface area contributed by atoms with Gasteiger partial charge < -0.3 is 5.32 Å². The van der Waals surface area contributed by atoms with Crippen LogP contribution in [-0.2, 0) is 23.1 Å². The minimum Gasteiger partial charge on any atom is -0.309 e. The fourth-order valence-corrected chi connectivity index (χ4v) is 3.53. The number of sulfonamides is 1. The molecule has 1 aliphatic heterocycles. The predicted molar refractivity (Wildman–Crippen MR) is 80.9 cm³/mol. The number of rotatable bonds is 7. The third kappa shape index (κ3) is 4.04. The van der Waals surface area contributed by atoms with Gasteiger partial charge in [-0.2, -0.15) is 0 Å². The summed E-state index contributed by atoms with van der Waals surface area (Å²) >= 11 is 0. The zero-order chi connectivity index (χ0) is 14.6. The van der Waals surface area contributed by atoms with Crippen molar-refractivity contribution >= 4 is 10.0 Å². The Bertz CT molecular complexity index is 553. The van der Waals surface area contributed by atoms with Crippen LogP contribution in [0.5, 0.6) is 0 Å². The summed E-state index contributed by atoms with van der Waals surface area (Å²) < 4.78 is 27.1. The second-order valence-electron chi connectivity index (χ2n) is 5.82. The molecule has 0 spiro atoms. The Morgan fingerprint density at radius 1 is 1.20 bits per heavy atom. The number of hydrogen-bond donors (Lipinski definition) is 2. The molecule has 0 aromatic heterocycles. The summed E-state index contributed by atoms with van der Waals surface area (Å²) in [6.07, 6.45) is 3.10. The Morgan fingerprint density at radius 2 is 1.95 bits per heavy atom. The highest BCUT2D eigenvalue weighted by Gasteiger charge is 2.17. The van der Waals surface area contributed by atoms with Gasteiger partial charge in [0.25, 0.3) is 0 Å². The van der Waals surface area contributed by atoms with Crippen LogP contribution in [-0.4, -0.2) is 15.0 Å². The van der Waals surface area contributed by atoms with E-state index in [1.54, 1.807) is 12.1 Å². The molecule has 0 fully saturated rings. The third-order valence-electron chi connectivity index (χ3n) is 3.62. The lowest BCUT2D eigenvalue weighted by Crippen LogP contribution is -2.25. The van der Waals surface area contributed by atoms with Crippen molar-refractivity contribution in [2.24, 2.45) is 5.92 Å². The smallest absolute Gasteiger partial charge is 0.240 e. The molecule has 2 N–H and O–H groups in total. The van der Waals surface area contributed by atoms with Crippen molar-refractivity contribution in [3.05, 3.63) is 29.3 Å². The van der Waals surface area contributed by atoms with Crippen molar-refractivity contribution in [1.29, 1.82) is 0 Å². The Balaban J connectivity index is 1.90. The summed E-state index contributed by atoms with van der Waals surface area (Å²) in [6, 6.07) is 5.39. The Labute approximate surface area is 122 Å². The lowest BCUT2D eigenvalue weighted by atomic mass is 10.1.